The second kappa shape index (κ2) is 7.18. The van der Waals surface area contributed by atoms with Gasteiger partial charge in [-0.05, 0) is 73.7 Å². The molecule has 0 radical (unpaired) electrons. The molecular formula is C25H22N4S. The van der Waals surface area contributed by atoms with E-state index in [-0.39, 0.29) is 0 Å². The van der Waals surface area contributed by atoms with E-state index in [1.54, 1.807) is 11.3 Å². The zero-order chi connectivity index (χ0) is 20.8. The lowest BCUT2D eigenvalue weighted by Gasteiger charge is -2.15. The van der Waals surface area contributed by atoms with Gasteiger partial charge >= 0.3 is 0 Å². The van der Waals surface area contributed by atoms with Gasteiger partial charge in [-0.1, -0.05) is 36.4 Å². The Bertz CT molecular complexity index is 1360. The summed E-state index contributed by atoms with van der Waals surface area (Å²) in [5.74, 6) is 1.59. The second-order valence-electron chi connectivity index (χ2n) is 7.68. The monoisotopic (exact) mass is 410 g/mol. The van der Waals surface area contributed by atoms with Gasteiger partial charge < -0.3 is 0 Å². The summed E-state index contributed by atoms with van der Waals surface area (Å²) in [6.45, 7) is 8.35. The molecule has 4 nitrogen and oxygen atoms in total. The number of nitrogens with zero attached hydrogens (tertiary/aromatic N) is 4. The largest absolute Gasteiger partial charge is 0.244 e. The van der Waals surface area contributed by atoms with Crippen molar-refractivity contribution >= 4 is 21.6 Å². The fraction of sp³-hybridized carbons (Fsp3) is 0.160. The molecule has 0 amide bonds. The summed E-state index contributed by atoms with van der Waals surface area (Å²) >= 11 is 1.67. The highest BCUT2D eigenvalue weighted by atomic mass is 32.1. The maximum absolute atomic E-state index is 4.80. The summed E-state index contributed by atoms with van der Waals surface area (Å²) in [6.07, 6.45) is 0. The fourth-order valence-corrected chi connectivity index (χ4v) is 4.89. The van der Waals surface area contributed by atoms with Gasteiger partial charge in [0.2, 0.25) is 0 Å². The number of rotatable bonds is 3. The van der Waals surface area contributed by atoms with Gasteiger partial charge in [0.05, 0.1) is 21.4 Å². The summed E-state index contributed by atoms with van der Waals surface area (Å²) in [7, 11) is 0. The Hall–Kier alpha value is -3.31. The molecule has 0 saturated carbocycles. The highest BCUT2D eigenvalue weighted by molar-refractivity contribution is 7.17. The van der Waals surface area contributed by atoms with Crippen LogP contribution < -0.4 is 0 Å². The Morgan fingerprint density at radius 2 is 1.53 bits per heavy atom. The molecule has 2 heterocycles. The number of thiazole rings is 1. The van der Waals surface area contributed by atoms with Crippen molar-refractivity contribution in [3.05, 3.63) is 82.6 Å². The van der Waals surface area contributed by atoms with Crippen LogP contribution in [0.2, 0.25) is 0 Å². The summed E-state index contributed by atoms with van der Waals surface area (Å²) in [6, 6.07) is 19.2. The topological polar surface area (TPSA) is 43.6 Å². The van der Waals surface area contributed by atoms with Crippen LogP contribution in [0.4, 0.5) is 0 Å². The van der Waals surface area contributed by atoms with Gasteiger partial charge in [-0.3, -0.25) is 0 Å². The third-order valence-electron chi connectivity index (χ3n) is 5.44. The molecule has 0 N–H and O–H groups in total. The predicted molar refractivity (Wildman–Crippen MR) is 124 cm³/mol. The molecule has 0 spiro atoms. The molecule has 5 heteroatoms. The Balaban J connectivity index is 1.71. The molecule has 5 aromatic rings. The molecule has 0 bridgehead atoms. The molecule has 3 aromatic carbocycles. The number of aromatic nitrogens is 4. The van der Waals surface area contributed by atoms with Crippen LogP contribution in [0.3, 0.4) is 0 Å². The van der Waals surface area contributed by atoms with E-state index < -0.39 is 0 Å². The summed E-state index contributed by atoms with van der Waals surface area (Å²) in [5.41, 5.74) is 11.0. The lowest BCUT2D eigenvalue weighted by molar-refractivity contribution is 0.856. The number of hydrogen-bond donors (Lipinski definition) is 0. The van der Waals surface area contributed by atoms with Crippen molar-refractivity contribution in [1.82, 2.24) is 19.7 Å². The van der Waals surface area contributed by atoms with Crippen LogP contribution in [-0.4, -0.2) is 19.7 Å². The summed E-state index contributed by atoms with van der Waals surface area (Å²) < 4.78 is 3.19. The third kappa shape index (κ3) is 3.02. The molecule has 0 fully saturated rings. The van der Waals surface area contributed by atoms with E-state index >= 15 is 0 Å². The van der Waals surface area contributed by atoms with Crippen LogP contribution >= 0.6 is 11.3 Å². The fourth-order valence-electron chi connectivity index (χ4n) is 4.09. The zero-order valence-electron chi connectivity index (χ0n) is 17.5. The van der Waals surface area contributed by atoms with Crippen molar-refractivity contribution in [2.45, 2.75) is 27.7 Å². The summed E-state index contributed by atoms with van der Waals surface area (Å²) in [5, 5.41) is 4.78. The number of hydrogen-bond acceptors (Lipinski definition) is 4. The van der Waals surface area contributed by atoms with E-state index in [0.29, 0.717) is 0 Å². The molecule has 0 aliphatic heterocycles. The minimum absolute atomic E-state index is 0.750. The second-order valence-corrected chi connectivity index (χ2v) is 8.53. The Morgan fingerprint density at radius 1 is 0.800 bits per heavy atom. The summed E-state index contributed by atoms with van der Waals surface area (Å²) in [4.78, 5) is 9.43. The maximum atomic E-state index is 4.80. The molecule has 0 unspecified atom stereocenters. The van der Waals surface area contributed by atoms with Crippen molar-refractivity contribution in [3.63, 3.8) is 0 Å². The average molecular weight is 411 g/mol. The van der Waals surface area contributed by atoms with Crippen molar-refractivity contribution in [3.8, 4) is 28.2 Å². The highest BCUT2D eigenvalue weighted by Gasteiger charge is 2.19. The lowest BCUT2D eigenvalue weighted by Crippen LogP contribution is -2.05. The standard InChI is InChI=1S/C25H22N4S/c1-15-10-11-21(22-24(15)30-14-26-22)25-27-18(4)28-29(25)23-16(2)12-20(13-17(23)3)19-8-6-5-7-9-19/h5-14H,1-4H3. The first-order valence-corrected chi connectivity index (χ1v) is 10.8. The van der Waals surface area contributed by atoms with E-state index in [2.05, 4.69) is 74.3 Å². The molecule has 2 aromatic heterocycles. The normalized spacial score (nSPS) is 11.3. The Labute approximate surface area is 179 Å². The van der Waals surface area contributed by atoms with E-state index in [4.69, 9.17) is 10.1 Å². The van der Waals surface area contributed by atoms with Gasteiger partial charge in [0.15, 0.2) is 5.82 Å². The zero-order valence-corrected chi connectivity index (χ0v) is 18.3. The van der Waals surface area contributed by atoms with Crippen LogP contribution in [0.25, 0.3) is 38.4 Å². The van der Waals surface area contributed by atoms with Crippen LogP contribution in [0.5, 0.6) is 0 Å². The van der Waals surface area contributed by atoms with Crippen LogP contribution in [0.1, 0.15) is 22.5 Å². The number of fused-ring (bicyclic) bond motifs is 1. The van der Waals surface area contributed by atoms with Crippen LogP contribution in [0.15, 0.2) is 60.1 Å². The lowest BCUT2D eigenvalue weighted by atomic mass is 9.98. The predicted octanol–water partition coefficient (Wildman–Crippen LogP) is 6.44. The minimum atomic E-state index is 0.750. The molecule has 148 valence electrons. The van der Waals surface area contributed by atoms with Crippen LogP contribution in [0, 0.1) is 27.7 Å². The molecule has 30 heavy (non-hydrogen) atoms. The van der Waals surface area contributed by atoms with E-state index in [9.17, 15) is 0 Å². The van der Waals surface area contributed by atoms with Gasteiger partial charge in [0.1, 0.15) is 5.82 Å². The van der Waals surface area contributed by atoms with Gasteiger partial charge in [0, 0.05) is 5.56 Å². The van der Waals surface area contributed by atoms with Crippen molar-refractivity contribution in [1.29, 1.82) is 0 Å². The first-order chi connectivity index (χ1) is 14.5. The number of benzene rings is 3. The minimum Gasteiger partial charge on any atom is -0.244 e. The third-order valence-corrected chi connectivity index (χ3v) is 6.41. The van der Waals surface area contributed by atoms with Crippen LogP contribution in [-0.2, 0) is 0 Å². The SMILES string of the molecule is Cc1nc(-c2ccc(C)c3scnc23)n(-c2c(C)cc(-c3ccccc3)cc2C)n1. The quantitative estimate of drug-likeness (QED) is 0.343. The van der Waals surface area contributed by atoms with Crippen molar-refractivity contribution in [2.24, 2.45) is 0 Å². The van der Waals surface area contributed by atoms with E-state index in [0.717, 1.165) is 28.4 Å². The average Bonchev–Trinajstić information content (AvgIpc) is 3.36. The Kier molecular flexibility index (Phi) is 4.48. The molecule has 0 aliphatic carbocycles. The van der Waals surface area contributed by atoms with Crippen molar-refractivity contribution in [2.75, 3.05) is 0 Å². The first kappa shape index (κ1) is 18.7. The number of aryl methyl sites for hydroxylation is 4. The Morgan fingerprint density at radius 3 is 2.27 bits per heavy atom. The van der Waals surface area contributed by atoms with E-state index in [1.165, 1.54) is 32.5 Å². The molecular weight excluding hydrogens is 388 g/mol. The molecule has 0 saturated heterocycles. The highest BCUT2D eigenvalue weighted by Crippen LogP contribution is 2.34. The molecule has 0 aliphatic rings. The maximum Gasteiger partial charge on any atom is 0.165 e. The van der Waals surface area contributed by atoms with E-state index in [1.807, 2.05) is 23.2 Å². The van der Waals surface area contributed by atoms with Crippen molar-refractivity contribution < 1.29 is 0 Å². The smallest absolute Gasteiger partial charge is 0.165 e. The van der Waals surface area contributed by atoms with Gasteiger partial charge in [0.25, 0.3) is 0 Å². The van der Waals surface area contributed by atoms with Gasteiger partial charge in [-0.15, -0.1) is 11.3 Å². The molecule has 5 rings (SSSR count). The van der Waals surface area contributed by atoms with Gasteiger partial charge in [-0.25, -0.2) is 14.6 Å². The molecule has 0 atom stereocenters. The van der Waals surface area contributed by atoms with Gasteiger partial charge in [-0.2, -0.15) is 5.10 Å². The first-order valence-electron chi connectivity index (χ1n) is 9.97.